The SMILES string of the molecule is O=C(Nc1ccccc1Br)c1ccc(CS(=O)(=O)N2CCOCC2)cc1. The average molecular weight is 439 g/mol. The zero-order valence-electron chi connectivity index (χ0n) is 14.0. The molecule has 1 amide bonds. The lowest BCUT2D eigenvalue weighted by Gasteiger charge is -2.26. The summed E-state index contributed by atoms with van der Waals surface area (Å²) >= 11 is 3.38. The van der Waals surface area contributed by atoms with Gasteiger partial charge in [0.05, 0.1) is 24.7 Å². The first-order valence-electron chi connectivity index (χ1n) is 8.16. The van der Waals surface area contributed by atoms with Crippen LogP contribution in [0.3, 0.4) is 0 Å². The summed E-state index contributed by atoms with van der Waals surface area (Å²) in [5.74, 6) is -0.335. The number of nitrogens with one attached hydrogen (secondary N) is 1. The zero-order chi connectivity index (χ0) is 18.6. The number of sulfonamides is 1. The minimum absolute atomic E-state index is 0.0842. The molecule has 1 saturated heterocycles. The molecular formula is C18H19BrN2O4S. The molecule has 0 unspecified atom stereocenters. The quantitative estimate of drug-likeness (QED) is 0.778. The molecule has 138 valence electrons. The van der Waals surface area contributed by atoms with Crippen molar-refractivity contribution in [2.24, 2.45) is 0 Å². The smallest absolute Gasteiger partial charge is 0.255 e. The Morgan fingerprint density at radius 2 is 1.73 bits per heavy atom. The van der Waals surface area contributed by atoms with E-state index in [-0.39, 0.29) is 11.7 Å². The highest BCUT2D eigenvalue weighted by atomic mass is 79.9. The summed E-state index contributed by atoms with van der Waals surface area (Å²) in [5.41, 5.74) is 1.79. The number of rotatable bonds is 5. The van der Waals surface area contributed by atoms with Gasteiger partial charge in [-0.15, -0.1) is 0 Å². The molecule has 2 aromatic carbocycles. The van der Waals surface area contributed by atoms with E-state index in [2.05, 4.69) is 21.2 Å². The first-order valence-corrected chi connectivity index (χ1v) is 10.6. The summed E-state index contributed by atoms with van der Waals surface area (Å²) in [6.45, 7) is 1.62. The fraction of sp³-hybridized carbons (Fsp3) is 0.278. The predicted molar refractivity (Wildman–Crippen MR) is 104 cm³/mol. The molecule has 6 nitrogen and oxygen atoms in total. The van der Waals surface area contributed by atoms with Crippen LogP contribution < -0.4 is 5.32 Å². The number of morpholine rings is 1. The van der Waals surface area contributed by atoms with Crippen molar-refractivity contribution in [3.8, 4) is 0 Å². The van der Waals surface area contributed by atoms with E-state index in [4.69, 9.17) is 4.74 Å². The third kappa shape index (κ3) is 4.70. The molecule has 0 aromatic heterocycles. The highest BCUT2D eigenvalue weighted by molar-refractivity contribution is 9.10. The van der Waals surface area contributed by atoms with Crippen molar-refractivity contribution in [3.63, 3.8) is 0 Å². The average Bonchev–Trinajstić information content (AvgIpc) is 2.64. The second kappa shape index (κ2) is 8.30. The number of halogens is 1. The van der Waals surface area contributed by atoms with E-state index >= 15 is 0 Å². The molecule has 8 heteroatoms. The molecule has 1 aliphatic rings. The van der Waals surface area contributed by atoms with Crippen LogP contribution in [0.15, 0.2) is 53.0 Å². The van der Waals surface area contributed by atoms with Gasteiger partial charge < -0.3 is 10.1 Å². The van der Waals surface area contributed by atoms with Crippen LogP contribution in [0, 0.1) is 0 Å². The molecule has 26 heavy (non-hydrogen) atoms. The molecule has 0 bridgehead atoms. The van der Waals surface area contributed by atoms with E-state index in [0.717, 1.165) is 4.47 Å². The molecular weight excluding hydrogens is 420 g/mol. The zero-order valence-corrected chi connectivity index (χ0v) is 16.4. The van der Waals surface area contributed by atoms with Crippen molar-refractivity contribution in [1.82, 2.24) is 4.31 Å². The number of ether oxygens (including phenoxy) is 1. The predicted octanol–water partition coefficient (Wildman–Crippen LogP) is 2.86. The van der Waals surface area contributed by atoms with Crippen LogP contribution in [0.5, 0.6) is 0 Å². The van der Waals surface area contributed by atoms with E-state index in [0.29, 0.717) is 43.1 Å². The van der Waals surface area contributed by atoms with Gasteiger partial charge in [0.25, 0.3) is 5.91 Å². The van der Waals surface area contributed by atoms with Gasteiger partial charge in [-0.2, -0.15) is 4.31 Å². The van der Waals surface area contributed by atoms with Crippen molar-refractivity contribution in [3.05, 3.63) is 64.1 Å². The minimum Gasteiger partial charge on any atom is -0.379 e. The normalized spacial score (nSPS) is 15.6. The lowest BCUT2D eigenvalue weighted by molar-refractivity contribution is 0.0729. The molecule has 1 heterocycles. The molecule has 3 rings (SSSR count). The Bertz CT molecular complexity index is 878. The van der Waals surface area contributed by atoms with E-state index in [9.17, 15) is 13.2 Å². The van der Waals surface area contributed by atoms with Gasteiger partial charge in [0, 0.05) is 23.1 Å². The number of para-hydroxylation sites is 1. The molecule has 1 fully saturated rings. The second-order valence-electron chi connectivity index (χ2n) is 5.90. The van der Waals surface area contributed by atoms with Crippen molar-refractivity contribution in [1.29, 1.82) is 0 Å². The Morgan fingerprint density at radius 1 is 1.08 bits per heavy atom. The molecule has 0 atom stereocenters. The van der Waals surface area contributed by atoms with Crippen LogP contribution in [0.4, 0.5) is 5.69 Å². The third-order valence-electron chi connectivity index (χ3n) is 4.05. The van der Waals surface area contributed by atoms with Crippen molar-refractivity contribution in [2.45, 2.75) is 5.75 Å². The Kier molecular flexibility index (Phi) is 6.08. The van der Waals surface area contributed by atoms with Crippen molar-refractivity contribution >= 4 is 37.5 Å². The minimum atomic E-state index is -3.38. The summed E-state index contributed by atoms with van der Waals surface area (Å²) in [6.07, 6.45) is 0. The maximum absolute atomic E-state index is 12.4. The van der Waals surface area contributed by atoms with E-state index in [1.54, 1.807) is 30.3 Å². The Labute approximate surface area is 161 Å². The van der Waals surface area contributed by atoms with Gasteiger partial charge >= 0.3 is 0 Å². The lowest BCUT2D eigenvalue weighted by Crippen LogP contribution is -2.41. The van der Waals surface area contributed by atoms with Crippen LogP contribution in [0.2, 0.25) is 0 Å². The van der Waals surface area contributed by atoms with Crippen LogP contribution in [0.25, 0.3) is 0 Å². The lowest BCUT2D eigenvalue weighted by atomic mass is 10.1. The topological polar surface area (TPSA) is 75.7 Å². The monoisotopic (exact) mass is 438 g/mol. The number of benzene rings is 2. The molecule has 0 spiro atoms. The fourth-order valence-corrected chi connectivity index (χ4v) is 4.52. The van der Waals surface area contributed by atoms with Gasteiger partial charge in [0.1, 0.15) is 0 Å². The number of nitrogens with zero attached hydrogens (tertiary/aromatic N) is 1. The molecule has 2 aromatic rings. The molecule has 0 aliphatic carbocycles. The standard InChI is InChI=1S/C18H19BrN2O4S/c19-16-3-1-2-4-17(16)20-18(22)15-7-5-14(6-8-15)13-26(23,24)21-9-11-25-12-10-21/h1-8H,9-13H2,(H,20,22). The summed E-state index contributed by atoms with van der Waals surface area (Å²) in [4.78, 5) is 12.3. The summed E-state index contributed by atoms with van der Waals surface area (Å²) < 4.78 is 32.3. The molecule has 1 N–H and O–H groups in total. The maximum atomic E-state index is 12.4. The van der Waals surface area contributed by atoms with E-state index in [1.165, 1.54) is 4.31 Å². The summed E-state index contributed by atoms with van der Waals surface area (Å²) in [5, 5.41) is 2.82. The number of hydrogen-bond acceptors (Lipinski definition) is 4. The van der Waals surface area contributed by atoms with Gasteiger partial charge in [0.2, 0.25) is 10.0 Å². The molecule has 0 radical (unpaired) electrons. The Morgan fingerprint density at radius 3 is 2.38 bits per heavy atom. The second-order valence-corrected chi connectivity index (χ2v) is 8.72. The maximum Gasteiger partial charge on any atom is 0.255 e. The van der Waals surface area contributed by atoms with Gasteiger partial charge in [-0.3, -0.25) is 4.79 Å². The Hall–Kier alpha value is -1.74. The van der Waals surface area contributed by atoms with Crippen LogP contribution in [-0.2, 0) is 20.5 Å². The molecule has 0 saturated carbocycles. The number of hydrogen-bond donors (Lipinski definition) is 1. The first kappa shape index (κ1) is 19.0. The van der Waals surface area contributed by atoms with Crippen LogP contribution >= 0.6 is 15.9 Å². The number of carbonyl (C=O) groups excluding carboxylic acids is 1. The van der Waals surface area contributed by atoms with E-state index in [1.807, 2.05) is 18.2 Å². The fourth-order valence-electron chi connectivity index (χ4n) is 2.64. The summed E-state index contributed by atoms with van der Waals surface area (Å²) in [6, 6.07) is 14.0. The van der Waals surface area contributed by atoms with Crippen molar-refractivity contribution < 1.29 is 17.9 Å². The third-order valence-corrected chi connectivity index (χ3v) is 6.59. The highest BCUT2D eigenvalue weighted by Crippen LogP contribution is 2.22. The number of carbonyl (C=O) groups is 1. The van der Waals surface area contributed by atoms with Crippen molar-refractivity contribution in [2.75, 3.05) is 31.6 Å². The van der Waals surface area contributed by atoms with Crippen LogP contribution in [-0.4, -0.2) is 44.9 Å². The largest absolute Gasteiger partial charge is 0.379 e. The number of anilines is 1. The number of amides is 1. The molecule has 1 aliphatic heterocycles. The van der Waals surface area contributed by atoms with Crippen LogP contribution in [0.1, 0.15) is 15.9 Å². The Balaban J connectivity index is 1.66. The van der Waals surface area contributed by atoms with E-state index < -0.39 is 10.0 Å². The highest BCUT2D eigenvalue weighted by Gasteiger charge is 2.24. The summed E-state index contributed by atoms with van der Waals surface area (Å²) in [7, 11) is -3.38. The van der Waals surface area contributed by atoms with Gasteiger partial charge in [-0.25, -0.2) is 8.42 Å². The van der Waals surface area contributed by atoms with Gasteiger partial charge in [-0.1, -0.05) is 24.3 Å². The van der Waals surface area contributed by atoms with Gasteiger partial charge in [-0.05, 0) is 45.8 Å². The first-order chi connectivity index (χ1) is 12.5. The van der Waals surface area contributed by atoms with Gasteiger partial charge in [0.15, 0.2) is 0 Å².